The first-order valence-electron chi connectivity index (χ1n) is 9.40. The third-order valence-electron chi connectivity index (χ3n) is 5.59. The lowest BCUT2D eigenvalue weighted by Gasteiger charge is -2.23. The Balaban J connectivity index is 1.64. The Morgan fingerprint density at radius 1 is 1.38 bits per heavy atom. The second kappa shape index (κ2) is 6.23. The summed E-state index contributed by atoms with van der Waals surface area (Å²) in [7, 11) is 0. The molecule has 0 N–H and O–H groups in total. The number of rotatable bonds is 5. The highest BCUT2D eigenvalue weighted by molar-refractivity contribution is 6.03. The van der Waals surface area contributed by atoms with Crippen LogP contribution in [0.2, 0.25) is 0 Å². The number of carbonyl (C=O) groups excluding carboxylic acids is 2. The zero-order chi connectivity index (χ0) is 18.5. The van der Waals surface area contributed by atoms with Gasteiger partial charge in [-0.2, -0.15) is 0 Å². The molecule has 0 aliphatic carbocycles. The maximum Gasteiger partial charge on any atom is 0.312 e. The van der Waals surface area contributed by atoms with Crippen molar-refractivity contribution in [3.8, 4) is 0 Å². The number of amides is 1. The first-order chi connectivity index (χ1) is 12.5. The molecule has 3 aliphatic rings. The molecule has 2 saturated heterocycles. The first-order valence-corrected chi connectivity index (χ1v) is 9.40. The lowest BCUT2D eigenvalue weighted by atomic mass is 9.77. The SMILES string of the molecule is CCc1ccccc1N1C[C@@]23C=C[C@@H](O2)[C@H](C(=O)OCC(C)C)[C@H]3C1=O. The highest BCUT2D eigenvalue weighted by Crippen LogP contribution is 2.53. The van der Waals surface area contributed by atoms with Crippen LogP contribution in [0.3, 0.4) is 0 Å². The summed E-state index contributed by atoms with van der Waals surface area (Å²) in [6.45, 7) is 6.88. The van der Waals surface area contributed by atoms with Crippen molar-refractivity contribution in [2.24, 2.45) is 17.8 Å². The van der Waals surface area contributed by atoms with Gasteiger partial charge < -0.3 is 14.4 Å². The fraction of sp³-hybridized carbons (Fsp3) is 0.524. The molecule has 0 radical (unpaired) electrons. The number of carbonyl (C=O) groups is 2. The van der Waals surface area contributed by atoms with E-state index < -0.39 is 17.4 Å². The summed E-state index contributed by atoms with van der Waals surface area (Å²) in [5, 5.41) is 0. The number of nitrogens with zero attached hydrogens (tertiary/aromatic N) is 1. The van der Waals surface area contributed by atoms with Gasteiger partial charge in [0.1, 0.15) is 11.5 Å². The van der Waals surface area contributed by atoms with E-state index in [1.807, 2.05) is 50.3 Å². The van der Waals surface area contributed by atoms with Crippen molar-refractivity contribution >= 4 is 17.6 Å². The average Bonchev–Trinajstić information content (AvgIpc) is 3.28. The van der Waals surface area contributed by atoms with Gasteiger partial charge in [0.2, 0.25) is 5.91 Å². The van der Waals surface area contributed by atoms with Gasteiger partial charge in [-0.15, -0.1) is 0 Å². The van der Waals surface area contributed by atoms with Gasteiger partial charge in [-0.1, -0.05) is 51.1 Å². The van der Waals surface area contributed by atoms with E-state index in [0.717, 1.165) is 17.7 Å². The maximum absolute atomic E-state index is 13.3. The largest absolute Gasteiger partial charge is 0.465 e. The van der Waals surface area contributed by atoms with Crippen LogP contribution in [0.25, 0.3) is 0 Å². The van der Waals surface area contributed by atoms with Gasteiger partial charge >= 0.3 is 5.97 Å². The van der Waals surface area contributed by atoms with Gasteiger partial charge in [-0.05, 0) is 24.0 Å². The number of benzene rings is 1. The van der Waals surface area contributed by atoms with E-state index in [1.165, 1.54) is 0 Å². The van der Waals surface area contributed by atoms with Crippen LogP contribution >= 0.6 is 0 Å². The standard InChI is InChI=1S/C21H25NO4/c1-4-14-7-5-6-8-15(14)22-12-21-10-9-16(26-21)17(18(21)19(22)23)20(24)25-11-13(2)3/h5-10,13,16-18H,4,11-12H2,1-3H3/t16-,17+,18+,21-/m1/s1. The third-order valence-corrected chi connectivity index (χ3v) is 5.59. The van der Waals surface area contributed by atoms with Crippen molar-refractivity contribution in [3.63, 3.8) is 0 Å². The molecular formula is C21H25NO4. The average molecular weight is 355 g/mol. The number of hydrogen-bond donors (Lipinski definition) is 0. The molecular weight excluding hydrogens is 330 g/mol. The van der Waals surface area contributed by atoms with Crippen LogP contribution in [0.1, 0.15) is 26.3 Å². The summed E-state index contributed by atoms with van der Waals surface area (Å²) in [5.41, 5.74) is 1.33. The lowest BCUT2D eigenvalue weighted by molar-refractivity contribution is -0.153. The molecule has 2 fully saturated rings. The van der Waals surface area contributed by atoms with Crippen molar-refractivity contribution in [1.29, 1.82) is 0 Å². The van der Waals surface area contributed by atoms with E-state index in [0.29, 0.717) is 13.2 Å². The first kappa shape index (κ1) is 17.3. The lowest BCUT2D eigenvalue weighted by Crippen LogP contribution is -2.40. The van der Waals surface area contributed by atoms with Gasteiger partial charge in [-0.25, -0.2) is 0 Å². The summed E-state index contributed by atoms with van der Waals surface area (Å²) in [5.74, 6) is -1.15. The van der Waals surface area contributed by atoms with Crippen LogP contribution in [-0.4, -0.2) is 36.7 Å². The molecule has 3 heterocycles. The monoisotopic (exact) mass is 355 g/mol. The topological polar surface area (TPSA) is 55.8 Å². The molecule has 5 nitrogen and oxygen atoms in total. The molecule has 0 aromatic heterocycles. The maximum atomic E-state index is 13.3. The second-order valence-corrected chi connectivity index (χ2v) is 7.83. The number of fused-ring (bicyclic) bond motifs is 1. The van der Waals surface area contributed by atoms with Crippen LogP contribution in [0, 0.1) is 17.8 Å². The Kier molecular flexibility index (Phi) is 4.14. The summed E-state index contributed by atoms with van der Waals surface area (Å²) >= 11 is 0. The molecule has 138 valence electrons. The molecule has 1 aromatic carbocycles. The second-order valence-electron chi connectivity index (χ2n) is 7.83. The fourth-order valence-corrected chi connectivity index (χ4v) is 4.39. The van der Waals surface area contributed by atoms with Crippen molar-refractivity contribution in [3.05, 3.63) is 42.0 Å². The normalized spacial score (nSPS) is 31.8. The fourth-order valence-electron chi connectivity index (χ4n) is 4.39. The molecule has 5 heteroatoms. The molecule has 0 unspecified atom stereocenters. The van der Waals surface area contributed by atoms with Crippen LogP contribution in [0.5, 0.6) is 0 Å². The van der Waals surface area contributed by atoms with Crippen LogP contribution < -0.4 is 4.90 Å². The minimum atomic E-state index is -0.704. The van der Waals surface area contributed by atoms with Crippen LogP contribution in [0.15, 0.2) is 36.4 Å². The Hall–Kier alpha value is -2.14. The van der Waals surface area contributed by atoms with E-state index in [2.05, 4.69) is 6.92 Å². The zero-order valence-electron chi connectivity index (χ0n) is 15.5. The van der Waals surface area contributed by atoms with Crippen LogP contribution in [-0.2, 0) is 25.5 Å². The number of para-hydroxylation sites is 1. The van der Waals surface area contributed by atoms with E-state index in [4.69, 9.17) is 9.47 Å². The highest BCUT2D eigenvalue weighted by Gasteiger charge is 2.67. The van der Waals surface area contributed by atoms with E-state index in [-0.39, 0.29) is 23.9 Å². The van der Waals surface area contributed by atoms with Crippen molar-refractivity contribution < 1.29 is 19.1 Å². The molecule has 26 heavy (non-hydrogen) atoms. The molecule has 1 amide bonds. The van der Waals surface area contributed by atoms with Crippen molar-refractivity contribution in [1.82, 2.24) is 0 Å². The van der Waals surface area contributed by atoms with E-state index >= 15 is 0 Å². The molecule has 1 spiro atoms. The smallest absolute Gasteiger partial charge is 0.312 e. The van der Waals surface area contributed by atoms with Gasteiger partial charge in [0.25, 0.3) is 0 Å². The minimum Gasteiger partial charge on any atom is -0.465 e. The molecule has 3 aliphatic heterocycles. The number of anilines is 1. The number of ether oxygens (including phenoxy) is 2. The zero-order valence-corrected chi connectivity index (χ0v) is 15.5. The summed E-state index contributed by atoms with van der Waals surface area (Å²) in [6, 6.07) is 7.93. The Labute approximate surface area is 154 Å². The Morgan fingerprint density at radius 3 is 2.88 bits per heavy atom. The summed E-state index contributed by atoms with van der Waals surface area (Å²) < 4.78 is 11.6. The van der Waals surface area contributed by atoms with Gasteiger partial charge in [-0.3, -0.25) is 9.59 Å². The highest BCUT2D eigenvalue weighted by atomic mass is 16.6. The predicted molar refractivity (Wildman–Crippen MR) is 97.7 cm³/mol. The Morgan fingerprint density at radius 2 is 2.15 bits per heavy atom. The Bertz CT molecular complexity index is 771. The number of aryl methyl sites for hydroxylation is 1. The summed E-state index contributed by atoms with van der Waals surface area (Å²) in [6.07, 6.45) is 4.38. The minimum absolute atomic E-state index is 0.0377. The van der Waals surface area contributed by atoms with E-state index in [9.17, 15) is 9.59 Å². The van der Waals surface area contributed by atoms with Crippen molar-refractivity contribution in [2.45, 2.75) is 38.9 Å². The van der Waals surface area contributed by atoms with Crippen molar-refractivity contribution in [2.75, 3.05) is 18.1 Å². The molecule has 4 atom stereocenters. The van der Waals surface area contributed by atoms with Crippen LogP contribution in [0.4, 0.5) is 5.69 Å². The number of esters is 1. The third kappa shape index (κ3) is 2.49. The van der Waals surface area contributed by atoms with Gasteiger partial charge in [0.05, 0.1) is 25.2 Å². The number of hydrogen-bond acceptors (Lipinski definition) is 4. The summed E-state index contributed by atoms with van der Waals surface area (Å²) in [4.78, 5) is 27.8. The van der Waals surface area contributed by atoms with Gasteiger partial charge in [0.15, 0.2) is 0 Å². The van der Waals surface area contributed by atoms with E-state index in [1.54, 1.807) is 4.90 Å². The molecule has 1 aromatic rings. The predicted octanol–water partition coefficient (Wildman–Crippen LogP) is 2.73. The molecule has 2 bridgehead atoms. The van der Waals surface area contributed by atoms with Gasteiger partial charge in [0, 0.05) is 5.69 Å². The molecule has 0 saturated carbocycles. The molecule has 4 rings (SSSR count). The quantitative estimate of drug-likeness (QED) is 0.602.